The molecule has 1 aliphatic rings. The highest BCUT2D eigenvalue weighted by molar-refractivity contribution is 6.35. The Labute approximate surface area is 170 Å². The fourth-order valence-corrected chi connectivity index (χ4v) is 4.26. The Balaban J connectivity index is 1.86. The van der Waals surface area contributed by atoms with Crippen LogP contribution in [0.25, 0.3) is 0 Å². The highest BCUT2D eigenvalue weighted by Crippen LogP contribution is 2.45. The number of nitrogens with zero attached hydrogens (tertiary/aromatic N) is 1. The first-order chi connectivity index (χ1) is 13.0. The maximum atomic E-state index is 13.3. The molecule has 144 valence electrons. The smallest absolute Gasteiger partial charge is 0.235 e. The molecular weight excluding hydrogens is 383 g/mol. The molecule has 0 spiro atoms. The minimum atomic E-state index is -0.633. The molecule has 0 aliphatic heterocycles. The molecule has 27 heavy (non-hydrogen) atoms. The Morgan fingerprint density at radius 1 is 1.22 bits per heavy atom. The number of nitrogens with one attached hydrogen (secondary N) is 1. The first kappa shape index (κ1) is 20.0. The summed E-state index contributed by atoms with van der Waals surface area (Å²) in [6, 6.07) is 9.01. The number of rotatable bonds is 6. The number of ether oxygens (including phenoxy) is 1. The second kappa shape index (κ2) is 8.49. The summed E-state index contributed by atoms with van der Waals surface area (Å²) in [6.45, 7) is 4.53. The Morgan fingerprint density at radius 3 is 2.59 bits per heavy atom. The molecule has 1 fully saturated rings. The molecule has 1 amide bonds. The van der Waals surface area contributed by atoms with E-state index in [4.69, 9.17) is 27.9 Å². The third kappa shape index (κ3) is 4.22. The van der Waals surface area contributed by atoms with Crippen molar-refractivity contribution >= 4 is 34.8 Å². The van der Waals surface area contributed by atoms with E-state index in [1.807, 2.05) is 26.0 Å². The van der Waals surface area contributed by atoms with E-state index in [-0.39, 0.29) is 5.91 Å². The van der Waals surface area contributed by atoms with Crippen LogP contribution in [0.4, 0.5) is 5.69 Å². The van der Waals surface area contributed by atoms with Crippen molar-refractivity contribution in [3.8, 4) is 5.88 Å². The Bertz CT molecular complexity index is 833. The molecule has 1 aliphatic carbocycles. The van der Waals surface area contributed by atoms with Gasteiger partial charge in [0, 0.05) is 16.1 Å². The van der Waals surface area contributed by atoms with Crippen molar-refractivity contribution in [1.29, 1.82) is 0 Å². The van der Waals surface area contributed by atoms with Gasteiger partial charge in [-0.2, -0.15) is 0 Å². The van der Waals surface area contributed by atoms with E-state index in [0.29, 0.717) is 28.2 Å². The van der Waals surface area contributed by atoms with Gasteiger partial charge >= 0.3 is 0 Å². The van der Waals surface area contributed by atoms with Crippen LogP contribution in [0.3, 0.4) is 0 Å². The Morgan fingerprint density at radius 2 is 1.96 bits per heavy atom. The second-order valence-electron chi connectivity index (χ2n) is 7.00. The topological polar surface area (TPSA) is 51.2 Å². The van der Waals surface area contributed by atoms with Crippen LogP contribution >= 0.6 is 23.2 Å². The SMILES string of the molecule is CCCOc1ccc(NC(=O)C2(c3ccc(Cl)cc3Cl)CCCC2)c(C)n1. The van der Waals surface area contributed by atoms with Gasteiger partial charge in [-0.3, -0.25) is 4.79 Å². The van der Waals surface area contributed by atoms with Gasteiger partial charge in [0.05, 0.1) is 23.4 Å². The summed E-state index contributed by atoms with van der Waals surface area (Å²) in [7, 11) is 0. The van der Waals surface area contributed by atoms with Crippen LogP contribution in [0.2, 0.25) is 10.0 Å². The summed E-state index contributed by atoms with van der Waals surface area (Å²) < 4.78 is 5.56. The summed E-state index contributed by atoms with van der Waals surface area (Å²) >= 11 is 12.5. The zero-order valence-electron chi connectivity index (χ0n) is 15.6. The van der Waals surface area contributed by atoms with Crippen LogP contribution in [-0.2, 0) is 10.2 Å². The molecule has 3 rings (SSSR count). The monoisotopic (exact) mass is 406 g/mol. The lowest BCUT2D eigenvalue weighted by Crippen LogP contribution is -2.38. The Hall–Kier alpha value is -1.78. The van der Waals surface area contributed by atoms with Crippen molar-refractivity contribution in [3.05, 3.63) is 51.6 Å². The van der Waals surface area contributed by atoms with Crippen LogP contribution in [-0.4, -0.2) is 17.5 Å². The van der Waals surface area contributed by atoms with Crippen molar-refractivity contribution in [2.45, 2.75) is 51.4 Å². The van der Waals surface area contributed by atoms with Crippen molar-refractivity contribution in [2.24, 2.45) is 0 Å². The normalized spacial score (nSPS) is 15.6. The first-order valence-corrected chi connectivity index (χ1v) is 10.1. The summed E-state index contributed by atoms with van der Waals surface area (Å²) in [5, 5.41) is 4.18. The van der Waals surface area contributed by atoms with E-state index in [9.17, 15) is 4.79 Å². The molecule has 0 atom stereocenters. The van der Waals surface area contributed by atoms with Crippen LogP contribution in [0, 0.1) is 6.92 Å². The summed E-state index contributed by atoms with van der Waals surface area (Å²) in [4.78, 5) is 17.8. The lowest BCUT2D eigenvalue weighted by atomic mass is 9.78. The largest absolute Gasteiger partial charge is 0.478 e. The summed E-state index contributed by atoms with van der Waals surface area (Å²) in [5.74, 6) is 0.528. The van der Waals surface area contributed by atoms with Gasteiger partial charge in [-0.05, 0) is 49.9 Å². The maximum absolute atomic E-state index is 13.3. The second-order valence-corrected chi connectivity index (χ2v) is 7.84. The summed E-state index contributed by atoms with van der Waals surface area (Å²) in [6.07, 6.45) is 4.44. The van der Waals surface area contributed by atoms with Crippen LogP contribution in [0.15, 0.2) is 30.3 Å². The third-order valence-electron chi connectivity index (χ3n) is 5.10. The zero-order chi connectivity index (χ0) is 19.4. The predicted molar refractivity (Wildman–Crippen MR) is 110 cm³/mol. The fraction of sp³-hybridized carbons (Fsp3) is 0.429. The molecule has 1 saturated carbocycles. The van der Waals surface area contributed by atoms with Crippen LogP contribution in [0.5, 0.6) is 5.88 Å². The van der Waals surface area contributed by atoms with Crippen molar-refractivity contribution < 1.29 is 9.53 Å². The number of anilines is 1. The number of hydrogen-bond donors (Lipinski definition) is 1. The third-order valence-corrected chi connectivity index (χ3v) is 5.65. The van der Waals surface area contributed by atoms with Crippen LogP contribution in [0.1, 0.15) is 50.3 Å². The number of aromatic nitrogens is 1. The van der Waals surface area contributed by atoms with Gasteiger partial charge in [0.1, 0.15) is 0 Å². The van der Waals surface area contributed by atoms with E-state index in [1.54, 1.807) is 18.2 Å². The average molecular weight is 407 g/mol. The van der Waals surface area contributed by atoms with Gasteiger partial charge < -0.3 is 10.1 Å². The molecule has 2 aromatic rings. The molecule has 1 N–H and O–H groups in total. The number of amides is 1. The van der Waals surface area contributed by atoms with E-state index in [0.717, 1.165) is 43.4 Å². The van der Waals surface area contributed by atoms with Crippen molar-refractivity contribution in [3.63, 3.8) is 0 Å². The van der Waals surface area contributed by atoms with Gasteiger partial charge in [0.15, 0.2) is 0 Å². The average Bonchev–Trinajstić information content (AvgIpc) is 3.12. The molecule has 1 aromatic carbocycles. The van der Waals surface area contributed by atoms with E-state index in [2.05, 4.69) is 10.3 Å². The number of halogens is 2. The minimum absolute atomic E-state index is 0.0450. The predicted octanol–water partition coefficient (Wildman–Crippen LogP) is 5.94. The van der Waals surface area contributed by atoms with Gasteiger partial charge in [0.2, 0.25) is 11.8 Å². The highest BCUT2D eigenvalue weighted by atomic mass is 35.5. The van der Waals surface area contributed by atoms with Gasteiger partial charge in [-0.1, -0.05) is 49.0 Å². The zero-order valence-corrected chi connectivity index (χ0v) is 17.2. The number of pyridine rings is 1. The van der Waals surface area contributed by atoms with E-state index >= 15 is 0 Å². The van der Waals surface area contributed by atoms with Gasteiger partial charge in [0.25, 0.3) is 0 Å². The molecule has 0 unspecified atom stereocenters. The number of hydrogen-bond acceptors (Lipinski definition) is 3. The molecule has 4 nitrogen and oxygen atoms in total. The standard InChI is InChI=1S/C21H24Cl2N2O2/c1-3-12-27-19-9-8-18(14(2)24-19)25-20(26)21(10-4-5-11-21)16-7-6-15(22)13-17(16)23/h6-9,13H,3-5,10-12H2,1-2H3,(H,25,26). The lowest BCUT2D eigenvalue weighted by molar-refractivity contribution is -0.121. The molecule has 6 heteroatoms. The molecule has 1 heterocycles. The van der Waals surface area contributed by atoms with Crippen LogP contribution < -0.4 is 10.1 Å². The quantitative estimate of drug-likeness (QED) is 0.645. The van der Waals surface area contributed by atoms with Gasteiger partial charge in [-0.15, -0.1) is 0 Å². The number of aryl methyl sites for hydroxylation is 1. The molecule has 0 bridgehead atoms. The molecule has 0 radical (unpaired) electrons. The molecule has 1 aromatic heterocycles. The van der Waals surface area contributed by atoms with Gasteiger partial charge in [-0.25, -0.2) is 4.98 Å². The highest BCUT2D eigenvalue weighted by Gasteiger charge is 2.44. The minimum Gasteiger partial charge on any atom is -0.478 e. The number of carbonyl (C=O) groups excluding carboxylic acids is 1. The molecule has 0 saturated heterocycles. The van der Waals surface area contributed by atoms with E-state index in [1.165, 1.54) is 0 Å². The summed E-state index contributed by atoms with van der Waals surface area (Å²) in [5.41, 5.74) is 1.63. The first-order valence-electron chi connectivity index (χ1n) is 9.34. The molecular formula is C21H24Cl2N2O2. The Kier molecular flexibility index (Phi) is 6.28. The van der Waals surface area contributed by atoms with E-state index < -0.39 is 5.41 Å². The lowest BCUT2D eigenvalue weighted by Gasteiger charge is -2.29. The fourth-order valence-electron chi connectivity index (χ4n) is 3.67. The van der Waals surface area contributed by atoms with Crippen molar-refractivity contribution in [1.82, 2.24) is 4.98 Å². The van der Waals surface area contributed by atoms with Crippen molar-refractivity contribution in [2.75, 3.05) is 11.9 Å². The maximum Gasteiger partial charge on any atom is 0.235 e. The number of carbonyl (C=O) groups is 1. The number of benzene rings is 1.